The van der Waals surface area contributed by atoms with Crippen molar-refractivity contribution in [3.05, 3.63) is 23.2 Å². The molecule has 0 saturated heterocycles. The van der Waals surface area contributed by atoms with E-state index < -0.39 is 0 Å². The molecule has 2 aromatic rings. The molecule has 0 unspecified atom stereocenters. The highest BCUT2D eigenvalue weighted by Crippen LogP contribution is 2.32. The lowest BCUT2D eigenvalue weighted by molar-refractivity contribution is 0.458. The minimum Gasteiger partial charge on any atom is -0.398 e. The predicted molar refractivity (Wildman–Crippen MR) is 70.2 cm³/mol. The molecule has 1 aromatic heterocycles. The molecule has 1 aliphatic rings. The summed E-state index contributed by atoms with van der Waals surface area (Å²) in [6, 6.07) is 5.90. The van der Waals surface area contributed by atoms with Crippen molar-refractivity contribution < 1.29 is 0 Å². The number of hydrogen-bond acceptors (Lipinski definition) is 4. The van der Waals surface area contributed by atoms with Crippen LogP contribution in [0.3, 0.4) is 0 Å². The van der Waals surface area contributed by atoms with E-state index in [-0.39, 0.29) is 0 Å². The Kier molecular flexibility index (Phi) is 2.91. The number of tetrazole rings is 1. The number of rotatable bonds is 2. The van der Waals surface area contributed by atoms with Gasteiger partial charge in [-0.25, -0.2) is 4.68 Å². The van der Waals surface area contributed by atoms with Crippen LogP contribution in [0, 0.1) is 0 Å². The Morgan fingerprint density at radius 2 is 2.06 bits per heavy atom. The van der Waals surface area contributed by atoms with Crippen LogP contribution in [0.1, 0.15) is 31.7 Å². The third-order valence-corrected chi connectivity index (χ3v) is 3.76. The van der Waals surface area contributed by atoms with Crippen molar-refractivity contribution in [1.82, 2.24) is 20.2 Å². The largest absolute Gasteiger partial charge is 0.398 e. The zero-order valence-electron chi connectivity index (χ0n) is 9.88. The number of anilines is 1. The fourth-order valence-corrected chi connectivity index (χ4v) is 2.58. The summed E-state index contributed by atoms with van der Waals surface area (Å²) in [4.78, 5) is 0. The summed E-state index contributed by atoms with van der Waals surface area (Å²) in [6.07, 6.45) is 4.77. The lowest BCUT2D eigenvalue weighted by atomic mass is 10.1. The molecule has 18 heavy (non-hydrogen) atoms. The Bertz CT molecular complexity index is 559. The van der Waals surface area contributed by atoms with E-state index in [1.807, 2.05) is 16.8 Å². The van der Waals surface area contributed by atoms with E-state index in [2.05, 4.69) is 15.5 Å². The number of nitrogens with zero attached hydrogens (tertiary/aromatic N) is 4. The maximum absolute atomic E-state index is 5.93. The van der Waals surface area contributed by atoms with Crippen molar-refractivity contribution in [1.29, 1.82) is 0 Å². The second-order valence-electron chi connectivity index (χ2n) is 4.62. The van der Waals surface area contributed by atoms with E-state index in [1.165, 1.54) is 12.8 Å². The van der Waals surface area contributed by atoms with Crippen LogP contribution in [0.5, 0.6) is 0 Å². The average Bonchev–Trinajstić information content (AvgIpc) is 3.00. The molecule has 3 rings (SSSR count). The molecule has 0 radical (unpaired) electrons. The molecule has 1 heterocycles. The van der Waals surface area contributed by atoms with Crippen LogP contribution >= 0.6 is 11.6 Å². The molecule has 2 N–H and O–H groups in total. The molecule has 0 spiro atoms. The molecule has 1 saturated carbocycles. The third-order valence-electron chi connectivity index (χ3n) is 3.42. The molecule has 0 bridgehead atoms. The first-order chi connectivity index (χ1) is 8.75. The van der Waals surface area contributed by atoms with Crippen LogP contribution in [0.4, 0.5) is 5.69 Å². The fourth-order valence-electron chi connectivity index (χ4n) is 2.46. The maximum Gasteiger partial charge on any atom is 0.182 e. The molecule has 0 atom stereocenters. The molecule has 5 nitrogen and oxygen atoms in total. The van der Waals surface area contributed by atoms with Crippen molar-refractivity contribution >= 4 is 17.3 Å². The Morgan fingerprint density at radius 1 is 1.28 bits per heavy atom. The van der Waals surface area contributed by atoms with Gasteiger partial charge in [0, 0.05) is 5.56 Å². The Hall–Kier alpha value is -1.62. The summed E-state index contributed by atoms with van der Waals surface area (Å²) >= 11 is 5.93. The van der Waals surface area contributed by atoms with Crippen molar-refractivity contribution in [3.8, 4) is 11.4 Å². The van der Waals surface area contributed by atoms with Crippen LogP contribution in [0.25, 0.3) is 11.4 Å². The van der Waals surface area contributed by atoms with Gasteiger partial charge in [0.1, 0.15) is 0 Å². The zero-order chi connectivity index (χ0) is 12.5. The van der Waals surface area contributed by atoms with Crippen molar-refractivity contribution in [3.63, 3.8) is 0 Å². The molecule has 1 fully saturated rings. The van der Waals surface area contributed by atoms with E-state index in [0.29, 0.717) is 16.8 Å². The van der Waals surface area contributed by atoms with E-state index in [9.17, 15) is 0 Å². The second-order valence-corrected chi connectivity index (χ2v) is 5.03. The SMILES string of the molecule is Nc1cc(-c2nnnn2C2CCCC2)ccc1Cl. The summed E-state index contributed by atoms with van der Waals surface area (Å²) in [6.45, 7) is 0. The van der Waals surface area contributed by atoms with Gasteiger partial charge in [-0.05, 0) is 41.5 Å². The van der Waals surface area contributed by atoms with Gasteiger partial charge in [0.2, 0.25) is 0 Å². The van der Waals surface area contributed by atoms with E-state index in [4.69, 9.17) is 17.3 Å². The number of halogens is 1. The van der Waals surface area contributed by atoms with Gasteiger partial charge < -0.3 is 5.73 Å². The second kappa shape index (κ2) is 4.57. The highest BCUT2D eigenvalue weighted by atomic mass is 35.5. The maximum atomic E-state index is 5.93. The summed E-state index contributed by atoms with van der Waals surface area (Å²) in [5, 5.41) is 12.6. The van der Waals surface area contributed by atoms with Crippen molar-refractivity contribution in [2.75, 3.05) is 5.73 Å². The van der Waals surface area contributed by atoms with Gasteiger partial charge in [0.15, 0.2) is 5.82 Å². The number of benzene rings is 1. The van der Waals surface area contributed by atoms with Gasteiger partial charge in [0.05, 0.1) is 16.8 Å². The van der Waals surface area contributed by atoms with Crippen LogP contribution in [0.2, 0.25) is 5.02 Å². The lowest BCUT2D eigenvalue weighted by Crippen LogP contribution is -2.08. The fraction of sp³-hybridized carbons (Fsp3) is 0.417. The Morgan fingerprint density at radius 3 is 2.78 bits per heavy atom. The number of nitrogens with two attached hydrogens (primary N) is 1. The quantitative estimate of drug-likeness (QED) is 0.846. The van der Waals surface area contributed by atoms with Crippen LogP contribution in [0.15, 0.2) is 18.2 Å². The number of nitrogen functional groups attached to an aromatic ring is 1. The van der Waals surface area contributed by atoms with E-state index in [1.54, 1.807) is 6.07 Å². The number of hydrogen-bond donors (Lipinski definition) is 1. The zero-order valence-corrected chi connectivity index (χ0v) is 10.6. The van der Waals surface area contributed by atoms with Crippen LogP contribution in [-0.4, -0.2) is 20.2 Å². The first-order valence-corrected chi connectivity index (χ1v) is 6.47. The molecular formula is C12H14ClN5. The summed E-state index contributed by atoms with van der Waals surface area (Å²) < 4.78 is 1.91. The molecule has 94 valence electrons. The molecule has 6 heteroatoms. The van der Waals surface area contributed by atoms with Gasteiger partial charge >= 0.3 is 0 Å². The molecule has 0 amide bonds. The minimum absolute atomic E-state index is 0.409. The monoisotopic (exact) mass is 263 g/mol. The molecule has 0 aliphatic heterocycles. The third kappa shape index (κ3) is 1.95. The topological polar surface area (TPSA) is 69.6 Å². The highest BCUT2D eigenvalue weighted by Gasteiger charge is 2.22. The summed E-state index contributed by atoms with van der Waals surface area (Å²) in [7, 11) is 0. The van der Waals surface area contributed by atoms with Gasteiger partial charge in [-0.2, -0.15) is 0 Å². The minimum atomic E-state index is 0.409. The predicted octanol–water partition coefficient (Wildman–Crippen LogP) is 2.69. The standard InChI is InChI=1S/C12H14ClN5/c13-10-6-5-8(7-11(10)14)12-15-16-17-18(12)9-3-1-2-4-9/h5-7,9H,1-4,14H2. The summed E-state index contributed by atoms with van der Waals surface area (Å²) in [5.74, 6) is 0.769. The van der Waals surface area contributed by atoms with Crippen LogP contribution in [-0.2, 0) is 0 Å². The van der Waals surface area contributed by atoms with E-state index >= 15 is 0 Å². The number of aromatic nitrogens is 4. The normalized spacial score (nSPS) is 16.3. The first-order valence-electron chi connectivity index (χ1n) is 6.09. The molecular weight excluding hydrogens is 250 g/mol. The van der Waals surface area contributed by atoms with Gasteiger partial charge in [-0.3, -0.25) is 0 Å². The van der Waals surface area contributed by atoms with E-state index in [0.717, 1.165) is 24.2 Å². The van der Waals surface area contributed by atoms with Crippen molar-refractivity contribution in [2.45, 2.75) is 31.7 Å². The smallest absolute Gasteiger partial charge is 0.182 e. The highest BCUT2D eigenvalue weighted by molar-refractivity contribution is 6.33. The molecule has 1 aliphatic carbocycles. The van der Waals surface area contributed by atoms with Gasteiger partial charge in [0.25, 0.3) is 0 Å². The average molecular weight is 264 g/mol. The summed E-state index contributed by atoms with van der Waals surface area (Å²) in [5.41, 5.74) is 7.28. The molecule has 1 aromatic carbocycles. The van der Waals surface area contributed by atoms with Gasteiger partial charge in [-0.1, -0.05) is 24.4 Å². The Labute approximate surface area is 110 Å². The lowest BCUT2D eigenvalue weighted by Gasteiger charge is -2.11. The van der Waals surface area contributed by atoms with Crippen LogP contribution < -0.4 is 5.73 Å². The van der Waals surface area contributed by atoms with Gasteiger partial charge in [-0.15, -0.1) is 5.10 Å². The van der Waals surface area contributed by atoms with Crippen molar-refractivity contribution in [2.24, 2.45) is 0 Å². The first kappa shape index (κ1) is 11.5. The Balaban J connectivity index is 2.00.